The van der Waals surface area contributed by atoms with Crippen LogP contribution in [-0.2, 0) is 4.79 Å². The third-order valence-corrected chi connectivity index (χ3v) is 4.61. The van der Waals surface area contributed by atoms with E-state index in [1.54, 1.807) is 18.2 Å². The first-order valence-corrected chi connectivity index (χ1v) is 7.98. The van der Waals surface area contributed by atoms with Crippen LogP contribution in [0.15, 0.2) is 29.2 Å². The van der Waals surface area contributed by atoms with Crippen LogP contribution in [0.5, 0.6) is 0 Å². The van der Waals surface area contributed by atoms with Gasteiger partial charge in [-0.2, -0.15) is 0 Å². The van der Waals surface area contributed by atoms with Crippen molar-refractivity contribution in [3.63, 3.8) is 0 Å². The van der Waals surface area contributed by atoms with Crippen LogP contribution in [0.4, 0.5) is 4.39 Å². The van der Waals surface area contributed by atoms with Crippen molar-refractivity contribution in [2.75, 3.05) is 18.9 Å². The number of amides is 1. The van der Waals surface area contributed by atoms with Gasteiger partial charge in [0.05, 0.1) is 5.75 Å². The molecule has 0 radical (unpaired) electrons. The molecule has 1 unspecified atom stereocenters. The normalized spacial score (nSPS) is 18.5. The van der Waals surface area contributed by atoms with Crippen LogP contribution in [0.2, 0.25) is 0 Å². The van der Waals surface area contributed by atoms with Gasteiger partial charge in [-0.25, -0.2) is 4.39 Å². The fraction of sp³-hybridized carbons (Fsp3) is 0.533. The minimum Gasteiger partial charge on any atom is -0.396 e. The first-order chi connectivity index (χ1) is 9.72. The molecule has 3 nitrogen and oxygen atoms in total. The Balaban J connectivity index is 1.86. The molecule has 110 valence electrons. The van der Waals surface area contributed by atoms with Crippen molar-refractivity contribution < 1.29 is 14.3 Å². The molecule has 0 aromatic heterocycles. The average Bonchev–Trinajstić information content (AvgIpc) is 2.92. The predicted molar refractivity (Wildman–Crippen MR) is 78.2 cm³/mol. The molecule has 2 rings (SSSR count). The zero-order valence-electron chi connectivity index (χ0n) is 11.4. The Morgan fingerprint density at radius 2 is 2.25 bits per heavy atom. The van der Waals surface area contributed by atoms with E-state index in [2.05, 4.69) is 0 Å². The number of carbonyl (C=O) groups excluding carboxylic acids is 1. The highest BCUT2D eigenvalue weighted by Crippen LogP contribution is 2.25. The summed E-state index contributed by atoms with van der Waals surface area (Å²) >= 11 is 1.25. The molecule has 1 aliphatic rings. The molecule has 1 aromatic rings. The quantitative estimate of drug-likeness (QED) is 0.821. The summed E-state index contributed by atoms with van der Waals surface area (Å²) in [7, 11) is 0. The summed E-state index contributed by atoms with van der Waals surface area (Å²) in [6, 6.07) is 6.77. The van der Waals surface area contributed by atoms with Gasteiger partial charge < -0.3 is 10.0 Å². The van der Waals surface area contributed by atoms with Gasteiger partial charge in [0.25, 0.3) is 0 Å². The highest BCUT2D eigenvalue weighted by Gasteiger charge is 2.27. The summed E-state index contributed by atoms with van der Waals surface area (Å²) in [5, 5.41) is 8.88. The molecule has 5 heteroatoms. The monoisotopic (exact) mass is 297 g/mol. The third kappa shape index (κ3) is 3.96. The van der Waals surface area contributed by atoms with E-state index in [9.17, 15) is 9.18 Å². The van der Waals surface area contributed by atoms with E-state index in [1.165, 1.54) is 17.8 Å². The van der Waals surface area contributed by atoms with Gasteiger partial charge in [-0.05, 0) is 37.8 Å². The van der Waals surface area contributed by atoms with Crippen molar-refractivity contribution in [2.45, 2.75) is 36.6 Å². The van der Waals surface area contributed by atoms with Crippen LogP contribution in [-0.4, -0.2) is 40.9 Å². The summed E-state index contributed by atoms with van der Waals surface area (Å²) in [5.74, 6) is 0.0681. The van der Waals surface area contributed by atoms with Crippen LogP contribution in [0.3, 0.4) is 0 Å². The topological polar surface area (TPSA) is 40.5 Å². The molecule has 1 aromatic carbocycles. The van der Waals surface area contributed by atoms with Crippen molar-refractivity contribution in [3.8, 4) is 0 Å². The van der Waals surface area contributed by atoms with Gasteiger partial charge in [0, 0.05) is 24.1 Å². The van der Waals surface area contributed by atoms with Crippen molar-refractivity contribution >= 4 is 17.7 Å². The lowest BCUT2D eigenvalue weighted by molar-refractivity contribution is -0.129. The van der Waals surface area contributed by atoms with Gasteiger partial charge in [-0.3, -0.25) is 4.79 Å². The van der Waals surface area contributed by atoms with Crippen molar-refractivity contribution in [2.24, 2.45) is 0 Å². The minimum absolute atomic E-state index is 0.0682. The number of benzene rings is 1. The number of hydrogen-bond donors (Lipinski definition) is 1. The Hall–Kier alpha value is -1.07. The van der Waals surface area contributed by atoms with E-state index in [0.29, 0.717) is 4.90 Å². The number of aliphatic hydroxyl groups is 1. The number of carbonyl (C=O) groups is 1. The molecular formula is C15H20FNO2S. The second-order valence-corrected chi connectivity index (χ2v) is 5.99. The summed E-state index contributed by atoms with van der Waals surface area (Å²) in [6.45, 7) is 0.954. The van der Waals surface area contributed by atoms with E-state index in [0.717, 1.165) is 32.2 Å². The molecule has 0 saturated carbocycles. The first kappa shape index (κ1) is 15.3. The fourth-order valence-corrected chi connectivity index (χ4v) is 3.40. The number of aliphatic hydroxyl groups excluding tert-OH is 1. The van der Waals surface area contributed by atoms with Gasteiger partial charge in [0.15, 0.2) is 0 Å². The highest BCUT2D eigenvalue weighted by atomic mass is 32.2. The van der Waals surface area contributed by atoms with Crippen molar-refractivity contribution in [1.82, 2.24) is 4.90 Å². The van der Waals surface area contributed by atoms with Gasteiger partial charge in [-0.1, -0.05) is 12.1 Å². The van der Waals surface area contributed by atoms with Crippen LogP contribution in [0.25, 0.3) is 0 Å². The summed E-state index contributed by atoms with van der Waals surface area (Å²) in [6.07, 6.45) is 3.61. The van der Waals surface area contributed by atoms with Crippen LogP contribution < -0.4 is 0 Å². The maximum absolute atomic E-state index is 13.5. The number of rotatable bonds is 6. The number of likely N-dealkylation sites (tertiary alicyclic amines) is 1. The van der Waals surface area contributed by atoms with Gasteiger partial charge in [-0.15, -0.1) is 11.8 Å². The summed E-state index contributed by atoms with van der Waals surface area (Å²) in [4.78, 5) is 14.6. The summed E-state index contributed by atoms with van der Waals surface area (Å²) in [5.41, 5.74) is 0. The third-order valence-electron chi connectivity index (χ3n) is 3.58. The first-order valence-electron chi connectivity index (χ1n) is 7.00. The molecule has 1 atom stereocenters. The number of hydrogen-bond acceptors (Lipinski definition) is 3. The van der Waals surface area contributed by atoms with E-state index in [-0.39, 0.29) is 30.1 Å². The lowest BCUT2D eigenvalue weighted by Gasteiger charge is -2.24. The molecule has 0 bridgehead atoms. The molecule has 20 heavy (non-hydrogen) atoms. The Morgan fingerprint density at radius 1 is 1.45 bits per heavy atom. The van der Waals surface area contributed by atoms with Crippen molar-refractivity contribution in [3.05, 3.63) is 30.1 Å². The minimum atomic E-state index is -0.274. The maximum Gasteiger partial charge on any atom is 0.233 e. The molecule has 1 aliphatic heterocycles. The lowest BCUT2D eigenvalue weighted by atomic mass is 10.1. The van der Waals surface area contributed by atoms with Crippen molar-refractivity contribution in [1.29, 1.82) is 0 Å². The SMILES string of the molecule is O=C(CSc1ccccc1F)N1CCCC1CCCO. The molecule has 1 amide bonds. The molecule has 0 spiro atoms. The Bertz CT molecular complexity index is 455. The van der Waals surface area contributed by atoms with Gasteiger partial charge >= 0.3 is 0 Å². The van der Waals surface area contributed by atoms with Crippen LogP contribution in [0, 0.1) is 5.82 Å². The zero-order valence-corrected chi connectivity index (χ0v) is 12.2. The molecule has 1 heterocycles. The van der Waals surface area contributed by atoms with E-state index >= 15 is 0 Å². The van der Waals surface area contributed by atoms with Crippen LogP contribution >= 0.6 is 11.8 Å². The number of nitrogens with zero attached hydrogens (tertiary/aromatic N) is 1. The molecular weight excluding hydrogens is 277 g/mol. The summed E-state index contributed by atoms with van der Waals surface area (Å²) < 4.78 is 13.5. The molecule has 1 N–H and O–H groups in total. The van der Waals surface area contributed by atoms with Gasteiger partial charge in [0.1, 0.15) is 5.82 Å². The Kier molecular flexibility index (Phi) is 5.86. The largest absolute Gasteiger partial charge is 0.396 e. The Labute approximate surface area is 123 Å². The second-order valence-electron chi connectivity index (χ2n) is 4.97. The lowest BCUT2D eigenvalue weighted by Crippen LogP contribution is -2.36. The van der Waals surface area contributed by atoms with Crippen LogP contribution in [0.1, 0.15) is 25.7 Å². The van der Waals surface area contributed by atoms with E-state index in [4.69, 9.17) is 5.11 Å². The highest BCUT2D eigenvalue weighted by molar-refractivity contribution is 8.00. The number of halogens is 1. The predicted octanol–water partition coefficient (Wildman–Crippen LogP) is 2.68. The van der Waals surface area contributed by atoms with Gasteiger partial charge in [0.2, 0.25) is 5.91 Å². The van der Waals surface area contributed by atoms with E-state index < -0.39 is 0 Å². The standard InChI is InChI=1S/C15H20FNO2S/c16-13-7-1-2-8-14(13)20-11-15(19)17-9-3-5-12(17)6-4-10-18/h1-2,7-8,12,18H,3-6,9-11H2. The smallest absolute Gasteiger partial charge is 0.233 e. The Morgan fingerprint density at radius 3 is 3.00 bits per heavy atom. The fourth-order valence-electron chi connectivity index (χ4n) is 2.58. The number of thioether (sulfide) groups is 1. The second kappa shape index (κ2) is 7.64. The molecule has 1 fully saturated rings. The maximum atomic E-state index is 13.5. The van der Waals surface area contributed by atoms with E-state index in [1.807, 2.05) is 4.90 Å². The molecule has 0 aliphatic carbocycles. The zero-order chi connectivity index (χ0) is 14.4. The molecule has 1 saturated heterocycles. The average molecular weight is 297 g/mol.